The zero-order valence-corrected chi connectivity index (χ0v) is 14.8. The van der Waals surface area contributed by atoms with Crippen molar-refractivity contribution in [3.63, 3.8) is 0 Å². The van der Waals surface area contributed by atoms with Gasteiger partial charge in [-0.1, -0.05) is 36.8 Å². The largest absolute Gasteiger partial charge is 0.494 e. The molecule has 1 unspecified atom stereocenters. The van der Waals surface area contributed by atoms with Crippen molar-refractivity contribution in [1.29, 1.82) is 0 Å². The third-order valence-electron chi connectivity index (χ3n) is 3.94. The molecule has 0 bridgehead atoms. The summed E-state index contributed by atoms with van der Waals surface area (Å²) < 4.78 is 12.5. The van der Waals surface area contributed by atoms with Crippen molar-refractivity contribution in [1.82, 2.24) is 20.2 Å². The number of esters is 1. The van der Waals surface area contributed by atoms with Gasteiger partial charge in [0.1, 0.15) is 18.4 Å². The van der Waals surface area contributed by atoms with Crippen LogP contribution in [0.4, 0.5) is 5.95 Å². The zero-order valence-electron chi connectivity index (χ0n) is 14.8. The van der Waals surface area contributed by atoms with E-state index in [1.807, 2.05) is 24.3 Å². The average molecular weight is 355 g/mol. The van der Waals surface area contributed by atoms with Crippen molar-refractivity contribution >= 4 is 11.9 Å². The van der Waals surface area contributed by atoms with Crippen molar-refractivity contribution in [3.8, 4) is 5.75 Å². The van der Waals surface area contributed by atoms with E-state index < -0.39 is 12.0 Å². The summed E-state index contributed by atoms with van der Waals surface area (Å²) in [7, 11) is 0. The lowest BCUT2D eigenvalue weighted by atomic mass is 9.96. The van der Waals surface area contributed by atoms with Gasteiger partial charge in [-0.05, 0) is 41.5 Å². The van der Waals surface area contributed by atoms with E-state index in [1.54, 1.807) is 11.6 Å². The lowest BCUT2D eigenvalue weighted by Gasteiger charge is -2.27. The minimum atomic E-state index is -0.487. The summed E-state index contributed by atoms with van der Waals surface area (Å²) in [5.41, 5.74) is 1.96. The highest BCUT2D eigenvalue weighted by molar-refractivity contribution is 5.92. The van der Waals surface area contributed by atoms with Gasteiger partial charge in [0.05, 0.1) is 12.2 Å². The Morgan fingerprint density at radius 3 is 2.85 bits per heavy atom. The van der Waals surface area contributed by atoms with Crippen LogP contribution in [0.2, 0.25) is 0 Å². The summed E-state index contributed by atoms with van der Waals surface area (Å²) in [5.74, 6) is 0.810. The second-order valence-electron chi connectivity index (χ2n) is 5.82. The smallest absolute Gasteiger partial charge is 0.338 e. The van der Waals surface area contributed by atoms with Gasteiger partial charge in [-0.15, -0.1) is 0 Å². The third-order valence-corrected chi connectivity index (χ3v) is 3.94. The predicted octanol–water partition coefficient (Wildman–Crippen LogP) is 2.48. The van der Waals surface area contributed by atoms with Crippen LogP contribution in [-0.4, -0.2) is 39.4 Å². The molecule has 2 aromatic rings. The average Bonchev–Trinajstić information content (AvgIpc) is 3.11. The van der Waals surface area contributed by atoms with E-state index >= 15 is 0 Å². The van der Waals surface area contributed by atoms with Gasteiger partial charge in [0.2, 0.25) is 5.95 Å². The highest BCUT2D eigenvalue weighted by Gasteiger charge is 2.34. The van der Waals surface area contributed by atoms with Crippen LogP contribution in [0.3, 0.4) is 0 Å². The second kappa shape index (κ2) is 7.81. The second-order valence-corrected chi connectivity index (χ2v) is 5.82. The quantitative estimate of drug-likeness (QED) is 0.602. The van der Waals surface area contributed by atoms with Crippen LogP contribution in [0.5, 0.6) is 5.75 Å². The molecule has 0 aliphatic carbocycles. The highest BCUT2D eigenvalue weighted by atomic mass is 16.5. The summed E-state index contributed by atoms with van der Waals surface area (Å²) in [5, 5.41) is 14.7. The number of tetrazole rings is 1. The number of hydrogen-bond donors (Lipinski definition) is 1. The molecular formula is C18H21N5O3. The van der Waals surface area contributed by atoms with Gasteiger partial charge in [0.15, 0.2) is 0 Å². The molecule has 0 fully saturated rings. The van der Waals surface area contributed by atoms with Crippen molar-refractivity contribution < 1.29 is 14.3 Å². The summed E-state index contributed by atoms with van der Waals surface area (Å²) in [4.78, 5) is 12.6. The van der Waals surface area contributed by atoms with E-state index in [0.29, 0.717) is 23.8 Å². The first-order valence-corrected chi connectivity index (χ1v) is 8.42. The summed E-state index contributed by atoms with van der Waals surface area (Å²) in [6.07, 6.45) is 2.46. The maximum absolute atomic E-state index is 12.6. The molecular weight excluding hydrogens is 334 g/mol. The number of carbonyl (C=O) groups excluding carboxylic acids is 1. The molecule has 1 atom stereocenters. The molecule has 0 spiro atoms. The fourth-order valence-corrected chi connectivity index (χ4v) is 2.76. The Balaban J connectivity index is 1.97. The number of fused-ring (bicyclic) bond motifs is 1. The summed E-state index contributed by atoms with van der Waals surface area (Å²) in [6, 6.07) is 7.07. The maximum atomic E-state index is 12.6. The van der Waals surface area contributed by atoms with Gasteiger partial charge in [0, 0.05) is 5.70 Å². The van der Waals surface area contributed by atoms with Crippen molar-refractivity contribution in [2.24, 2.45) is 0 Å². The number of ether oxygens (including phenoxy) is 2. The number of rotatable bonds is 7. The molecule has 1 aliphatic heterocycles. The third kappa shape index (κ3) is 3.44. The van der Waals surface area contributed by atoms with Crippen molar-refractivity contribution in [2.75, 3.05) is 18.5 Å². The van der Waals surface area contributed by atoms with Gasteiger partial charge in [-0.2, -0.15) is 4.68 Å². The molecule has 0 saturated heterocycles. The first kappa shape index (κ1) is 17.7. The van der Waals surface area contributed by atoms with Crippen LogP contribution < -0.4 is 10.1 Å². The normalized spacial score (nSPS) is 15.8. The summed E-state index contributed by atoms with van der Waals surface area (Å²) >= 11 is 0. The van der Waals surface area contributed by atoms with Crippen molar-refractivity contribution in [3.05, 3.63) is 53.8 Å². The van der Waals surface area contributed by atoms with E-state index in [9.17, 15) is 4.79 Å². The van der Waals surface area contributed by atoms with Crippen LogP contribution in [0.15, 0.2) is 48.2 Å². The van der Waals surface area contributed by atoms with Crippen LogP contribution in [0.25, 0.3) is 0 Å². The number of aromatic nitrogens is 4. The Hall–Kier alpha value is -3.16. The highest BCUT2D eigenvalue weighted by Crippen LogP contribution is 2.35. The molecule has 26 heavy (non-hydrogen) atoms. The van der Waals surface area contributed by atoms with Gasteiger partial charge in [-0.25, -0.2) is 4.79 Å². The molecule has 8 heteroatoms. The Morgan fingerprint density at radius 1 is 1.38 bits per heavy atom. The van der Waals surface area contributed by atoms with E-state index in [0.717, 1.165) is 17.7 Å². The molecule has 1 aromatic heterocycles. The number of nitrogens with zero attached hydrogens (tertiary/aromatic N) is 4. The van der Waals surface area contributed by atoms with Crippen LogP contribution in [-0.2, 0) is 9.53 Å². The molecule has 136 valence electrons. The Kier molecular flexibility index (Phi) is 5.31. The van der Waals surface area contributed by atoms with Crippen LogP contribution in [0.1, 0.15) is 31.9 Å². The fraction of sp³-hybridized carbons (Fsp3) is 0.333. The number of benzene rings is 1. The minimum Gasteiger partial charge on any atom is -0.494 e. The van der Waals surface area contributed by atoms with Crippen molar-refractivity contribution in [2.45, 2.75) is 26.3 Å². The molecule has 1 aromatic carbocycles. The molecule has 1 N–H and O–H groups in total. The number of allylic oxidation sites excluding steroid dienone is 1. The number of anilines is 1. The molecule has 2 heterocycles. The molecule has 0 radical (unpaired) electrons. The molecule has 0 amide bonds. The summed E-state index contributed by atoms with van der Waals surface area (Å²) in [6.45, 7) is 8.22. The Morgan fingerprint density at radius 2 is 2.15 bits per heavy atom. The molecule has 1 aliphatic rings. The molecule has 8 nitrogen and oxygen atoms in total. The first-order chi connectivity index (χ1) is 12.7. The van der Waals surface area contributed by atoms with E-state index in [2.05, 4.69) is 34.3 Å². The molecule has 3 rings (SSSR count). The van der Waals surface area contributed by atoms with Gasteiger partial charge < -0.3 is 14.8 Å². The van der Waals surface area contributed by atoms with Crippen LogP contribution in [0, 0.1) is 0 Å². The van der Waals surface area contributed by atoms with E-state index in [1.165, 1.54) is 6.08 Å². The van der Waals surface area contributed by atoms with E-state index in [-0.39, 0.29) is 6.61 Å². The maximum Gasteiger partial charge on any atom is 0.338 e. The fourth-order valence-electron chi connectivity index (χ4n) is 2.76. The first-order valence-electron chi connectivity index (χ1n) is 8.42. The Bertz CT molecular complexity index is 826. The SMILES string of the molecule is C=CCOC(=O)C1=C(C)Nc2nnnn2C1c1ccc(OCCC)cc1. The predicted molar refractivity (Wildman–Crippen MR) is 95.7 cm³/mol. The zero-order chi connectivity index (χ0) is 18.5. The monoisotopic (exact) mass is 355 g/mol. The standard InChI is InChI=1S/C18H21N5O3/c1-4-10-25-14-8-6-13(7-9-14)16-15(17(24)26-11-5-2)12(3)19-18-20-21-22-23(16)18/h5-9,16H,2,4,10-11H2,1,3H3,(H,19,20,22). The number of carbonyl (C=O) groups is 1. The van der Waals surface area contributed by atoms with E-state index in [4.69, 9.17) is 9.47 Å². The lowest BCUT2D eigenvalue weighted by molar-refractivity contribution is -0.138. The topological polar surface area (TPSA) is 91.2 Å². The number of nitrogens with one attached hydrogen (secondary N) is 1. The van der Waals surface area contributed by atoms with Crippen LogP contribution >= 0.6 is 0 Å². The van der Waals surface area contributed by atoms with Gasteiger partial charge in [0.25, 0.3) is 0 Å². The van der Waals surface area contributed by atoms with Gasteiger partial charge in [-0.3, -0.25) is 0 Å². The van der Waals surface area contributed by atoms with Gasteiger partial charge >= 0.3 is 5.97 Å². The minimum absolute atomic E-state index is 0.134. The Labute approximate surface area is 151 Å². The molecule has 0 saturated carbocycles. The lowest BCUT2D eigenvalue weighted by Crippen LogP contribution is -2.29. The number of hydrogen-bond acceptors (Lipinski definition) is 7.